The number of hydrogen-bond donors (Lipinski definition) is 2. The number of carbonyl (C=O) groups excluding carboxylic acids is 1. The summed E-state index contributed by atoms with van der Waals surface area (Å²) >= 11 is 6.15. The van der Waals surface area contributed by atoms with E-state index in [-0.39, 0.29) is 11.9 Å². The molecule has 1 aromatic heterocycles. The molecule has 0 aliphatic rings. The fourth-order valence-electron chi connectivity index (χ4n) is 1.64. The van der Waals surface area contributed by atoms with Crippen molar-refractivity contribution in [2.45, 2.75) is 13.3 Å². The number of methoxy groups -OCH3 is 1. The molecular formula is C13H15ClN4O3. The van der Waals surface area contributed by atoms with Crippen molar-refractivity contribution < 1.29 is 14.3 Å². The first-order valence-electron chi connectivity index (χ1n) is 6.32. The summed E-state index contributed by atoms with van der Waals surface area (Å²) in [6.07, 6.45) is 2.14. The number of rotatable bonds is 6. The lowest BCUT2D eigenvalue weighted by atomic mass is 10.2. The van der Waals surface area contributed by atoms with Gasteiger partial charge in [0.25, 0.3) is 5.91 Å². The molecule has 0 aliphatic heterocycles. The average molecular weight is 311 g/mol. The van der Waals surface area contributed by atoms with Gasteiger partial charge in [-0.15, -0.1) is 0 Å². The van der Waals surface area contributed by atoms with Gasteiger partial charge in [-0.1, -0.05) is 18.5 Å². The monoisotopic (exact) mass is 310 g/mol. The van der Waals surface area contributed by atoms with Gasteiger partial charge in [-0.3, -0.25) is 10.1 Å². The van der Waals surface area contributed by atoms with Crippen LogP contribution in [-0.4, -0.2) is 34.8 Å². The van der Waals surface area contributed by atoms with Crippen LogP contribution in [0.25, 0.3) is 0 Å². The standard InChI is InChI=1S/C13H15ClN4O3/c1-3-4-21-11-9(14)5-8(6-10(11)20-2)12(19)17-13-15-7-16-18-13/h5-7H,3-4H2,1-2H3,(H2,15,16,17,18,19). The van der Waals surface area contributed by atoms with Crippen LogP contribution in [0.4, 0.5) is 5.95 Å². The molecule has 112 valence electrons. The van der Waals surface area contributed by atoms with Gasteiger partial charge in [-0.25, -0.2) is 5.10 Å². The average Bonchev–Trinajstić information content (AvgIpc) is 2.98. The van der Waals surface area contributed by atoms with Crippen LogP contribution in [0.15, 0.2) is 18.5 Å². The Kier molecular flexibility index (Phi) is 4.99. The number of carbonyl (C=O) groups is 1. The molecule has 2 aromatic rings. The molecule has 1 amide bonds. The first kappa shape index (κ1) is 15.1. The topological polar surface area (TPSA) is 89.1 Å². The lowest BCUT2D eigenvalue weighted by Gasteiger charge is -2.13. The summed E-state index contributed by atoms with van der Waals surface area (Å²) in [4.78, 5) is 15.9. The first-order chi connectivity index (χ1) is 10.2. The second kappa shape index (κ2) is 6.94. The van der Waals surface area contributed by atoms with E-state index in [4.69, 9.17) is 21.1 Å². The summed E-state index contributed by atoms with van der Waals surface area (Å²) in [6, 6.07) is 3.07. The Morgan fingerprint density at radius 2 is 2.29 bits per heavy atom. The number of halogens is 1. The maximum atomic E-state index is 12.1. The van der Waals surface area contributed by atoms with Gasteiger partial charge in [-0.2, -0.15) is 10.1 Å². The van der Waals surface area contributed by atoms with Crippen molar-refractivity contribution in [1.82, 2.24) is 15.2 Å². The molecule has 7 nitrogen and oxygen atoms in total. The van der Waals surface area contributed by atoms with Crippen molar-refractivity contribution in [2.24, 2.45) is 0 Å². The first-order valence-corrected chi connectivity index (χ1v) is 6.70. The van der Waals surface area contributed by atoms with Gasteiger partial charge in [0.1, 0.15) is 6.33 Å². The van der Waals surface area contributed by atoms with Crippen molar-refractivity contribution in [2.75, 3.05) is 19.0 Å². The molecule has 0 atom stereocenters. The molecule has 8 heteroatoms. The zero-order valence-electron chi connectivity index (χ0n) is 11.6. The fourth-order valence-corrected chi connectivity index (χ4v) is 1.91. The molecular weight excluding hydrogens is 296 g/mol. The molecule has 1 heterocycles. The van der Waals surface area contributed by atoms with Crippen molar-refractivity contribution in [3.05, 3.63) is 29.0 Å². The second-order valence-corrected chi connectivity index (χ2v) is 4.53. The summed E-state index contributed by atoms with van der Waals surface area (Å²) in [6.45, 7) is 2.50. The molecule has 0 saturated carbocycles. The molecule has 0 saturated heterocycles. The summed E-state index contributed by atoms with van der Waals surface area (Å²) in [5.74, 6) is 0.700. The van der Waals surface area contributed by atoms with Gasteiger partial charge in [0.2, 0.25) is 5.95 Å². The molecule has 0 aliphatic carbocycles. The van der Waals surface area contributed by atoms with Crippen molar-refractivity contribution in [3.8, 4) is 11.5 Å². The van der Waals surface area contributed by atoms with Crippen LogP contribution in [0.1, 0.15) is 23.7 Å². The van der Waals surface area contributed by atoms with Crippen molar-refractivity contribution in [1.29, 1.82) is 0 Å². The highest BCUT2D eigenvalue weighted by atomic mass is 35.5. The van der Waals surface area contributed by atoms with E-state index in [9.17, 15) is 4.79 Å². The number of nitrogens with zero attached hydrogens (tertiary/aromatic N) is 2. The van der Waals surface area contributed by atoms with Gasteiger partial charge < -0.3 is 9.47 Å². The Hall–Kier alpha value is -2.28. The number of ether oxygens (including phenoxy) is 2. The van der Waals surface area contributed by atoms with Crippen LogP contribution in [0.3, 0.4) is 0 Å². The molecule has 1 aromatic carbocycles. The largest absolute Gasteiger partial charge is 0.493 e. The van der Waals surface area contributed by atoms with Gasteiger partial charge in [0.15, 0.2) is 11.5 Å². The molecule has 0 unspecified atom stereocenters. The summed E-state index contributed by atoms with van der Waals surface area (Å²) < 4.78 is 10.8. The fraction of sp³-hybridized carbons (Fsp3) is 0.308. The summed E-state index contributed by atoms with van der Waals surface area (Å²) in [7, 11) is 1.49. The van der Waals surface area contributed by atoms with E-state index in [0.717, 1.165) is 6.42 Å². The molecule has 0 radical (unpaired) electrons. The highest BCUT2D eigenvalue weighted by Gasteiger charge is 2.16. The number of hydrogen-bond acceptors (Lipinski definition) is 5. The Labute approximate surface area is 126 Å². The molecule has 0 bridgehead atoms. The highest BCUT2D eigenvalue weighted by Crippen LogP contribution is 2.36. The number of amides is 1. The quantitative estimate of drug-likeness (QED) is 0.855. The van der Waals surface area contributed by atoms with Crippen LogP contribution < -0.4 is 14.8 Å². The maximum Gasteiger partial charge on any atom is 0.258 e. The third-order valence-electron chi connectivity index (χ3n) is 2.59. The lowest BCUT2D eigenvalue weighted by molar-refractivity contribution is 0.102. The minimum atomic E-state index is -0.381. The van der Waals surface area contributed by atoms with Crippen molar-refractivity contribution >= 4 is 23.5 Å². The maximum absolute atomic E-state index is 12.1. The third-order valence-corrected chi connectivity index (χ3v) is 2.87. The Morgan fingerprint density at radius 1 is 1.48 bits per heavy atom. The van der Waals surface area contributed by atoms with E-state index < -0.39 is 0 Å². The van der Waals surface area contributed by atoms with E-state index >= 15 is 0 Å². The Morgan fingerprint density at radius 3 is 2.90 bits per heavy atom. The number of anilines is 1. The van der Waals surface area contributed by atoms with Gasteiger partial charge in [0.05, 0.1) is 18.7 Å². The Balaban J connectivity index is 2.24. The van der Waals surface area contributed by atoms with Crippen LogP contribution in [0.2, 0.25) is 5.02 Å². The number of nitrogens with one attached hydrogen (secondary N) is 2. The third kappa shape index (κ3) is 3.63. The highest BCUT2D eigenvalue weighted by molar-refractivity contribution is 6.32. The molecule has 2 N–H and O–H groups in total. The minimum absolute atomic E-state index is 0.251. The molecule has 0 spiro atoms. The van der Waals surface area contributed by atoms with E-state index in [1.807, 2.05) is 6.92 Å². The summed E-state index contributed by atoms with van der Waals surface area (Å²) in [5, 5.41) is 9.05. The van der Waals surface area contributed by atoms with Gasteiger partial charge in [0, 0.05) is 5.56 Å². The predicted octanol–water partition coefficient (Wildman–Crippen LogP) is 2.51. The smallest absolute Gasteiger partial charge is 0.258 e. The van der Waals surface area contributed by atoms with Crippen LogP contribution >= 0.6 is 11.6 Å². The molecule has 0 fully saturated rings. The second-order valence-electron chi connectivity index (χ2n) is 4.13. The van der Waals surface area contributed by atoms with E-state index in [2.05, 4.69) is 20.5 Å². The predicted molar refractivity (Wildman–Crippen MR) is 78.1 cm³/mol. The number of aromatic amines is 1. The zero-order chi connectivity index (χ0) is 15.2. The van der Waals surface area contributed by atoms with Crippen LogP contribution in [0, 0.1) is 0 Å². The number of aromatic nitrogens is 3. The van der Waals surface area contributed by atoms with Gasteiger partial charge >= 0.3 is 0 Å². The van der Waals surface area contributed by atoms with Gasteiger partial charge in [-0.05, 0) is 18.6 Å². The number of H-pyrrole nitrogens is 1. The molecule has 21 heavy (non-hydrogen) atoms. The lowest BCUT2D eigenvalue weighted by Crippen LogP contribution is -2.13. The van der Waals surface area contributed by atoms with E-state index in [1.165, 1.54) is 19.5 Å². The van der Waals surface area contributed by atoms with E-state index in [0.29, 0.717) is 28.7 Å². The van der Waals surface area contributed by atoms with E-state index in [1.54, 1.807) is 6.07 Å². The summed E-state index contributed by atoms with van der Waals surface area (Å²) in [5.41, 5.74) is 0.331. The van der Waals surface area contributed by atoms with Crippen LogP contribution in [0.5, 0.6) is 11.5 Å². The van der Waals surface area contributed by atoms with Crippen LogP contribution in [-0.2, 0) is 0 Å². The minimum Gasteiger partial charge on any atom is -0.493 e. The number of benzene rings is 1. The Bertz CT molecular complexity index is 616. The normalized spacial score (nSPS) is 10.2. The zero-order valence-corrected chi connectivity index (χ0v) is 12.4. The molecule has 2 rings (SSSR count). The van der Waals surface area contributed by atoms with Crippen molar-refractivity contribution in [3.63, 3.8) is 0 Å². The SMILES string of the molecule is CCCOc1c(Cl)cc(C(=O)Nc2ncn[nH]2)cc1OC.